The largest absolute Gasteiger partial charge is 0.383 e. The fourth-order valence-electron chi connectivity index (χ4n) is 4.01. The maximum absolute atomic E-state index is 12.8. The lowest BCUT2D eigenvalue weighted by atomic mass is 10.1. The van der Waals surface area contributed by atoms with E-state index in [1.807, 2.05) is 41.3 Å². The Balaban J connectivity index is 1.69. The minimum Gasteiger partial charge on any atom is -0.383 e. The number of aryl methyl sites for hydroxylation is 1. The van der Waals surface area contributed by atoms with E-state index in [2.05, 4.69) is 23.6 Å². The summed E-state index contributed by atoms with van der Waals surface area (Å²) in [4.78, 5) is 19.6. The van der Waals surface area contributed by atoms with Gasteiger partial charge < -0.3 is 14.2 Å². The second-order valence-electron chi connectivity index (χ2n) is 6.99. The summed E-state index contributed by atoms with van der Waals surface area (Å²) >= 11 is 0. The first-order valence-electron chi connectivity index (χ1n) is 9.55. The van der Waals surface area contributed by atoms with E-state index in [4.69, 9.17) is 9.72 Å². The Labute approximate surface area is 159 Å². The molecule has 0 aliphatic carbocycles. The zero-order valence-electron chi connectivity index (χ0n) is 15.9. The molecule has 5 nitrogen and oxygen atoms in total. The molecular weight excluding hydrogens is 338 g/mol. The van der Waals surface area contributed by atoms with E-state index in [0.717, 1.165) is 35.5 Å². The van der Waals surface area contributed by atoms with E-state index in [1.54, 1.807) is 7.11 Å². The van der Waals surface area contributed by atoms with Gasteiger partial charge in [0, 0.05) is 38.2 Å². The fourth-order valence-corrected chi connectivity index (χ4v) is 4.01. The van der Waals surface area contributed by atoms with Gasteiger partial charge in [-0.3, -0.25) is 4.79 Å². The lowest BCUT2D eigenvalue weighted by Gasteiger charge is -2.20. The van der Waals surface area contributed by atoms with Crippen LogP contribution < -0.4 is 4.90 Å². The SMILES string of the molecule is CCc1ccccc1N1CC(c2nc3ccccc3n2CCOC)CC1=O. The Morgan fingerprint density at radius 2 is 1.93 bits per heavy atom. The molecule has 0 spiro atoms. The number of anilines is 1. The van der Waals surface area contributed by atoms with E-state index in [0.29, 0.717) is 19.6 Å². The average molecular weight is 363 g/mol. The van der Waals surface area contributed by atoms with Crippen LogP contribution in [0.5, 0.6) is 0 Å². The molecule has 1 atom stereocenters. The molecule has 3 aromatic rings. The Morgan fingerprint density at radius 3 is 2.74 bits per heavy atom. The summed E-state index contributed by atoms with van der Waals surface area (Å²) in [6.45, 7) is 4.16. The van der Waals surface area contributed by atoms with E-state index in [-0.39, 0.29) is 11.8 Å². The van der Waals surface area contributed by atoms with Gasteiger partial charge in [0.05, 0.1) is 17.6 Å². The number of carbonyl (C=O) groups excluding carboxylic acids is 1. The molecule has 1 aliphatic heterocycles. The van der Waals surface area contributed by atoms with Gasteiger partial charge in [-0.25, -0.2) is 4.98 Å². The topological polar surface area (TPSA) is 47.4 Å². The Hall–Kier alpha value is -2.66. The van der Waals surface area contributed by atoms with Gasteiger partial charge in [0.2, 0.25) is 5.91 Å². The summed E-state index contributed by atoms with van der Waals surface area (Å²) in [7, 11) is 1.71. The average Bonchev–Trinajstić information content (AvgIpc) is 3.26. The van der Waals surface area contributed by atoms with Crippen LogP contribution in [-0.2, 0) is 22.5 Å². The Kier molecular flexibility index (Phi) is 4.94. The maximum Gasteiger partial charge on any atom is 0.227 e. The summed E-state index contributed by atoms with van der Waals surface area (Å²) < 4.78 is 7.51. The van der Waals surface area contributed by atoms with Gasteiger partial charge in [-0.05, 0) is 30.2 Å². The quantitative estimate of drug-likeness (QED) is 0.670. The third-order valence-corrected chi connectivity index (χ3v) is 5.36. The summed E-state index contributed by atoms with van der Waals surface area (Å²) in [5, 5.41) is 0. The molecule has 5 heteroatoms. The van der Waals surface area contributed by atoms with Gasteiger partial charge >= 0.3 is 0 Å². The molecule has 1 aliphatic rings. The van der Waals surface area contributed by atoms with Crippen LogP contribution in [0.15, 0.2) is 48.5 Å². The molecule has 4 rings (SSSR count). The molecule has 1 amide bonds. The predicted octanol–water partition coefficient (Wildman–Crippen LogP) is 3.77. The molecule has 27 heavy (non-hydrogen) atoms. The highest BCUT2D eigenvalue weighted by Crippen LogP contribution is 2.34. The zero-order chi connectivity index (χ0) is 18.8. The number of amides is 1. The van der Waals surface area contributed by atoms with Crippen LogP contribution in [0, 0.1) is 0 Å². The molecule has 1 aromatic heterocycles. The number of para-hydroxylation sites is 3. The van der Waals surface area contributed by atoms with Gasteiger partial charge in [0.1, 0.15) is 5.82 Å². The van der Waals surface area contributed by atoms with Gasteiger partial charge in [-0.1, -0.05) is 37.3 Å². The van der Waals surface area contributed by atoms with E-state index in [9.17, 15) is 4.79 Å². The highest BCUT2D eigenvalue weighted by Gasteiger charge is 2.35. The normalized spacial score (nSPS) is 17.2. The molecule has 0 N–H and O–H groups in total. The number of carbonyl (C=O) groups is 1. The van der Waals surface area contributed by atoms with Crippen molar-refractivity contribution in [1.29, 1.82) is 0 Å². The fraction of sp³-hybridized carbons (Fsp3) is 0.364. The van der Waals surface area contributed by atoms with Crippen LogP contribution >= 0.6 is 0 Å². The molecule has 0 saturated carbocycles. The standard InChI is InChI=1S/C22H25N3O2/c1-3-16-8-4-6-10-19(16)25-15-17(14-21(25)26)22-23-18-9-5-7-11-20(18)24(22)12-13-27-2/h4-11,17H,3,12-15H2,1-2H3. The van der Waals surface area contributed by atoms with Gasteiger partial charge in [0.15, 0.2) is 0 Å². The summed E-state index contributed by atoms with van der Waals surface area (Å²) in [5.74, 6) is 1.25. The Bertz CT molecular complexity index is 963. The van der Waals surface area contributed by atoms with Crippen LogP contribution in [0.3, 0.4) is 0 Å². The number of aromatic nitrogens is 2. The molecule has 1 unspecified atom stereocenters. The lowest BCUT2D eigenvalue weighted by molar-refractivity contribution is -0.117. The summed E-state index contributed by atoms with van der Waals surface area (Å²) in [6, 6.07) is 16.3. The monoisotopic (exact) mass is 363 g/mol. The number of fused-ring (bicyclic) bond motifs is 1. The molecule has 140 valence electrons. The zero-order valence-corrected chi connectivity index (χ0v) is 15.9. The molecule has 2 aromatic carbocycles. The number of nitrogens with zero attached hydrogens (tertiary/aromatic N) is 3. The van der Waals surface area contributed by atoms with Gasteiger partial charge in [-0.2, -0.15) is 0 Å². The number of benzene rings is 2. The second-order valence-corrected chi connectivity index (χ2v) is 6.99. The number of hydrogen-bond donors (Lipinski definition) is 0. The smallest absolute Gasteiger partial charge is 0.227 e. The third kappa shape index (κ3) is 3.23. The molecule has 0 radical (unpaired) electrons. The Morgan fingerprint density at radius 1 is 1.15 bits per heavy atom. The number of methoxy groups -OCH3 is 1. The molecule has 1 saturated heterocycles. The van der Waals surface area contributed by atoms with E-state index in [1.165, 1.54) is 5.56 Å². The molecule has 2 heterocycles. The second kappa shape index (κ2) is 7.53. The number of rotatable bonds is 6. The molecule has 0 bridgehead atoms. The minimum absolute atomic E-state index is 0.0895. The van der Waals surface area contributed by atoms with E-state index >= 15 is 0 Å². The summed E-state index contributed by atoms with van der Waals surface area (Å²) in [6.07, 6.45) is 1.41. The predicted molar refractivity (Wildman–Crippen MR) is 107 cm³/mol. The van der Waals surface area contributed by atoms with Crippen LogP contribution in [-0.4, -0.2) is 35.7 Å². The van der Waals surface area contributed by atoms with E-state index < -0.39 is 0 Å². The number of hydrogen-bond acceptors (Lipinski definition) is 3. The molecular formula is C22H25N3O2. The maximum atomic E-state index is 12.8. The highest BCUT2D eigenvalue weighted by molar-refractivity contribution is 5.97. The van der Waals surface area contributed by atoms with Crippen molar-refractivity contribution >= 4 is 22.6 Å². The van der Waals surface area contributed by atoms with Gasteiger partial charge in [-0.15, -0.1) is 0 Å². The van der Waals surface area contributed by atoms with Crippen molar-refractivity contribution in [2.45, 2.75) is 32.2 Å². The third-order valence-electron chi connectivity index (χ3n) is 5.36. The van der Waals surface area contributed by atoms with Crippen molar-refractivity contribution < 1.29 is 9.53 Å². The van der Waals surface area contributed by atoms with Crippen molar-refractivity contribution in [2.24, 2.45) is 0 Å². The van der Waals surface area contributed by atoms with Crippen molar-refractivity contribution in [3.63, 3.8) is 0 Å². The van der Waals surface area contributed by atoms with Crippen molar-refractivity contribution in [3.05, 3.63) is 59.9 Å². The summed E-state index contributed by atoms with van der Waals surface area (Å²) in [5.41, 5.74) is 4.32. The van der Waals surface area contributed by atoms with Crippen molar-refractivity contribution in [2.75, 3.05) is 25.2 Å². The molecule has 1 fully saturated rings. The first kappa shape index (κ1) is 17.7. The number of imidazole rings is 1. The lowest BCUT2D eigenvalue weighted by Crippen LogP contribution is -2.25. The van der Waals surface area contributed by atoms with Crippen LogP contribution in [0.4, 0.5) is 5.69 Å². The highest BCUT2D eigenvalue weighted by atomic mass is 16.5. The van der Waals surface area contributed by atoms with Crippen LogP contribution in [0.1, 0.15) is 30.7 Å². The first-order valence-corrected chi connectivity index (χ1v) is 9.55. The number of ether oxygens (including phenoxy) is 1. The van der Waals surface area contributed by atoms with Crippen molar-refractivity contribution in [1.82, 2.24) is 9.55 Å². The van der Waals surface area contributed by atoms with Crippen LogP contribution in [0.25, 0.3) is 11.0 Å². The van der Waals surface area contributed by atoms with Crippen LogP contribution in [0.2, 0.25) is 0 Å². The van der Waals surface area contributed by atoms with Crippen molar-refractivity contribution in [3.8, 4) is 0 Å². The first-order chi connectivity index (χ1) is 13.2. The van der Waals surface area contributed by atoms with Gasteiger partial charge in [0.25, 0.3) is 0 Å². The minimum atomic E-state index is 0.0895.